The van der Waals surface area contributed by atoms with Crippen molar-refractivity contribution in [3.8, 4) is 0 Å². The first-order chi connectivity index (χ1) is 25.8. The summed E-state index contributed by atoms with van der Waals surface area (Å²) in [6.45, 7) is 3.70. The van der Waals surface area contributed by atoms with Crippen molar-refractivity contribution in [1.29, 1.82) is 0 Å². The Labute approximate surface area is 325 Å². The summed E-state index contributed by atoms with van der Waals surface area (Å²) >= 11 is 0. The third-order valence-electron chi connectivity index (χ3n) is 9.34. The number of rotatable bonds is 41. The van der Waals surface area contributed by atoms with E-state index in [4.69, 9.17) is 24.3 Å². The molecular weight excluding hydrogens is 689 g/mol. The zero-order chi connectivity index (χ0) is 38.9. The Morgan fingerprint density at radius 1 is 0.566 bits per heavy atom. The molecule has 53 heavy (non-hydrogen) atoms. The molecule has 0 aliphatic rings. The van der Waals surface area contributed by atoms with Crippen molar-refractivity contribution in [2.45, 2.75) is 213 Å². The van der Waals surface area contributed by atoms with Crippen LogP contribution in [0.2, 0.25) is 0 Å². The predicted octanol–water partition coefficient (Wildman–Crippen LogP) is 12.4. The Bertz CT molecular complexity index is 928. The van der Waals surface area contributed by atoms with Gasteiger partial charge in [-0.15, -0.1) is 0 Å². The molecule has 0 aromatic carbocycles. The summed E-state index contributed by atoms with van der Waals surface area (Å²) in [6.07, 6.45) is 42.1. The average Bonchev–Trinajstić information content (AvgIpc) is 3.14. The summed E-state index contributed by atoms with van der Waals surface area (Å²) in [7, 11) is -4.38. The summed E-state index contributed by atoms with van der Waals surface area (Å²) in [5.74, 6) is -0.873. The molecule has 0 aromatic rings. The van der Waals surface area contributed by atoms with E-state index < -0.39 is 32.5 Å². The highest BCUT2D eigenvalue weighted by atomic mass is 31.2. The number of hydrogen-bond donors (Lipinski definition) is 2. The number of allylic oxidation sites excluding steroid dienone is 4. The van der Waals surface area contributed by atoms with E-state index in [1.54, 1.807) is 0 Å². The maximum Gasteiger partial charge on any atom is 0.472 e. The molecular formula is C43H82NO8P. The van der Waals surface area contributed by atoms with Gasteiger partial charge < -0.3 is 20.1 Å². The number of hydrogen-bond acceptors (Lipinski definition) is 8. The minimum atomic E-state index is -4.38. The Balaban J connectivity index is 4.19. The molecule has 0 spiro atoms. The molecule has 0 saturated heterocycles. The second-order valence-corrected chi connectivity index (χ2v) is 16.0. The standard InChI is InChI=1S/C43H82NO8P/c1-3-5-7-9-11-13-15-17-19-20-22-23-25-27-29-31-33-35-42(45)49-39-41(40-51-53(47,48)50-38-37-44)52-43(46)36-34-32-30-28-26-24-21-18-16-14-12-10-8-6-4-2/h22-23,27,29,41H,3-21,24-26,28,30-40,44H2,1-2H3,(H,47,48)/b23-22-,29-27-/t41-/m1/s1. The number of carbonyl (C=O) groups excluding carboxylic acids is 2. The first kappa shape index (κ1) is 51.5. The third kappa shape index (κ3) is 40.0. The van der Waals surface area contributed by atoms with E-state index in [1.807, 2.05) is 0 Å². The lowest BCUT2D eigenvalue weighted by Gasteiger charge is -2.19. The molecule has 0 heterocycles. The van der Waals surface area contributed by atoms with Crippen molar-refractivity contribution < 1.29 is 37.6 Å². The molecule has 3 N–H and O–H groups in total. The van der Waals surface area contributed by atoms with Gasteiger partial charge in [-0.2, -0.15) is 0 Å². The molecule has 0 aromatic heterocycles. The SMILES string of the molecule is CCCCCCCCCCC/C=C\C/C=C\CCCC(=O)OC[C@H](COP(=O)(O)OCCN)OC(=O)CCCCCCCCCCCCCCCCC. The van der Waals surface area contributed by atoms with Crippen molar-refractivity contribution >= 4 is 19.8 Å². The molecule has 10 heteroatoms. The topological polar surface area (TPSA) is 134 Å². The lowest BCUT2D eigenvalue weighted by molar-refractivity contribution is -0.161. The summed E-state index contributed by atoms with van der Waals surface area (Å²) in [5, 5.41) is 0. The normalized spacial score (nSPS) is 13.5. The first-order valence-corrected chi connectivity index (χ1v) is 23.3. The fourth-order valence-corrected chi connectivity index (χ4v) is 6.85. The maximum absolute atomic E-state index is 12.6. The number of phosphoric acid groups is 1. The van der Waals surface area contributed by atoms with Crippen molar-refractivity contribution in [1.82, 2.24) is 0 Å². The molecule has 0 saturated carbocycles. The van der Waals surface area contributed by atoms with Crippen LogP contribution in [0.1, 0.15) is 206 Å². The summed E-state index contributed by atoms with van der Waals surface area (Å²) < 4.78 is 32.7. The molecule has 0 rings (SSSR count). The summed E-state index contributed by atoms with van der Waals surface area (Å²) in [6, 6.07) is 0. The van der Waals surface area contributed by atoms with Crippen LogP contribution in [0.3, 0.4) is 0 Å². The van der Waals surface area contributed by atoms with Crippen LogP contribution >= 0.6 is 7.82 Å². The largest absolute Gasteiger partial charge is 0.472 e. The van der Waals surface area contributed by atoms with E-state index in [0.29, 0.717) is 12.8 Å². The zero-order valence-electron chi connectivity index (χ0n) is 34.3. The van der Waals surface area contributed by atoms with Gasteiger partial charge >= 0.3 is 19.8 Å². The van der Waals surface area contributed by atoms with Crippen molar-refractivity contribution in [3.63, 3.8) is 0 Å². The number of unbranched alkanes of at least 4 members (excludes halogenated alkanes) is 24. The Hall–Kier alpha value is -1.51. The highest BCUT2D eigenvalue weighted by molar-refractivity contribution is 7.47. The van der Waals surface area contributed by atoms with Crippen LogP contribution in [0.25, 0.3) is 0 Å². The van der Waals surface area contributed by atoms with Crippen LogP contribution < -0.4 is 5.73 Å². The van der Waals surface area contributed by atoms with Crippen LogP contribution in [0.5, 0.6) is 0 Å². The van der Waals surface area contributed by atoms with Gasteiger partial charge in [-0.25, -0.2) is 4.57 Å². The molecule has 2 atom stereocenters. The molecule has 0 aliphatic carbocycles. The van der Waals surface area contributed by atoms with Crippen LogP contribution in [0.15, 0.2) is 24.3 Å². The van der Waals surface area contributed by atoms with Crippen molar-refractivity contribution in [3.05, 3.63) is 24.3 Å². The first-order valence-electron chi connectivity index (χ1n) is 21.8. The lowest BCUT2D eigenvalue weighted by atomic mass is 10.0. The fourth-order valence-electron chi connectivity index (χ4n) is 6.09. The Morgan fingerprint density at radius 3 is 1.49 bits per heavy atom. The van der Waals surface area contributed by atoms with Gasteiger partial charge in [0.2, 0.25) is 0 Å². The van der Waals surface area contributed by atoms with Gasteiger partial charge in [-0.05, 0) is 38.5 Å². The molecule has 0 amide bonds. The molecule has 0 fully saturated rings. The minimum absolute atomic E-state index is 0.0501. The number of nitrogens with two attached hydrogens (primary N) is 1. The molecule has 1 unspecified atom stereocenters. The molecule has 9 nitrogen and oxygen atoms in total. The highest BCUT2D eigenvalue weighted by Crippen LogP contribution is 2.43. The maximum atomic E-state index is 12.6. The molecule has 0 aliphatic heterocycles. The van der Waals surface area contributed by atoms with Gasteiger partial charge in [0.15, 0.2) is 6.10 Å². The Kier molecular flexibility index (Phi) is 39.0. The van der Waals surface area contributed by atoms with Crippen LogP contribution in [-0.4, -0.2) is 49.3 Å². The smallest absolute Gasteiger partial charge is 0.462 e. The van der Waals surface area contributed by atoms with Crippen LogP contribution in [0.4, 0.5) is 0 Å². The van der Waals surface area contributed by atoms with Gasteiger partial charge in [-0.3, -0.25) is 18.6 Å². The summed E-state index contributed by atoms with van der Waals surface area (Å²) in [5.41, 5.74) is 5.34. The van der Waals surface area contributed by atoms with Crippen LogP contribution in [0, 0.1) is 0 Å². The number of esters is 2. The Morgan fingerprint density at radius 2 is 1.00 bits per heavy atom. The number of ether oxygens (including phenoxy) is 2. The van der Waals surface area contributed by atoms with E-state index in [0.717, 1.165) is 32.1 Å². The second-order valence-electron chi connectivity index (χ2n) is 14.6. The van der Waals surface area contributed by atoms with E-state index in [9.17, 15) is 19.0 Å². The number of phosphoric ester groups is 1. The van der Waals surface area contributed by atoms with Crippen molar-refractivity contribution in [2.24, 2.45) is 5.73 Å². The number of carbonyl (C=O) groups is 2. The highest BCUT2D eigenvalue weighted by Gasteiger charge is 2.26. The quantitative estimate of drug-likeness (QED) is 0.0269. The summed E-state index contributed by atoms with van der Waals surface area (Å²) in [4.78, 5) is 34.8. The van der Waals surface area contributed by atoms with Gasteiger partial charge in [0.1, 0.15) is 6.61 Å². The van der Waals surface area contributed by atoms with Gasteiger partial charge in [-0.1, -0.05) is 179 Å². The van der Waals surface area contributed by atoms with Gasteiger partial charge in [0.25, 0.3) is 0 Å². The van der Waals surface area contributed by atoms with Crippen LogP contribution in [-0.2, 0) is 32.7 Å². The molecule has 312 valence electrons. The average molecular weight is 772 g/mol. The van der Waals surface area contributed by atoms with E-state index in [-0.39, 0.29) is 32.6 Å². The third-order valence-corrected chi connectivity index (χ3v) is 10.3. The van der Waals surface area contributed by atoms with E-state index in [1.165, 1.54) is 135 Å². The van der Waals surface area contributed by atoms with Gasteiger partial charge in [0, 0.05) is 19.4 Å². The molecule has 0 radical (unpaired) electrons. The van der Waals surface area contributed by atoms with Crippen molar-refractivity contribution in [2.75, 3.05) is 26.4 Å². The van der Waals surface area contributed by atoms with Gasteiger partial charge in [0.05, 0.1) is 13.2 Å². The monoisotopic (exact) mass is 772 g/mol. The zero-order valence-corrected chi connectivity index (χ0v) is 35.2. The lowest BCUT2D eigenvalue weighted by Crippen LogP contribution is -2.29. The predicted molar refractivity (Wildman–Crippen MR) is 220 cm³/mol. The second kappa shape index (κ2) is 40.2. The van der Waals surface area contributed by atoms with E-state index >= 15 is 0 Å². The van der Waals surface area contributed by atoms with E-state index in [2.05, 4.69) is 38.2 Å². The fraction of sp³-hybridized carbons (Fsp3) is 0.860. The minimum Gasteiger partial charge on any atom is -0.462 e. The molecule has 0 bridgehead atoms.